The second-order valence-corrected chi connectivity index (χ2v) is 7.39. The first-order valence-electron chi connectivity index (χ1n) is 10.00. The van der Waals surface area contributed by atoms with Gasteiger partial charge in [-0.15, -0.1) is 0 Å². The van der Waals surface area contributed by atoms with Crippen LogP contribution in [0.4, 0.5) is 25.4 Å². The molecule has 170 valence electrons. The van der Waals surface area contributed by atoms with E-state index in [0.717, 1.165) is 10.6 Å². The van der Waals surface area contributed by atoms with Gasteiger partial charge in [0.1, 0.15) is 6.04 Å². The summed E-state index contributed by atoms with van der Waals surface area (Å²) in [6.45, 7) is 2.58. The lowest BCUT2D eigenvalue weighted by Gasteiger charge is -2.38. The molecule has 4 N–H and O–H groups in total. The van der Waals surface area contributed by atoms with Gasteiger partial charge in [-0.3, -0.25) is 19.6 Å². The number of carbonyl (C=O) groups is 3. The summed E-state index contributed by atoms with van der Waals surface area (Å²) in [6.07, 6.45) is 0.326. The number of hydrogen-bond acceptors (Lipinski definition) is 5. The second-order valence-electron chi connectivity index (χ2n) is 7.39. The van der Waals surface area contributed by atoms with Crippen molar-refractivity contribution in [1.82, 2.24) is 20.1 Å². The van der Waals surface area contributed by atoms with E-state index in [2.05, 4.69) is 20.9 Å². The number of halogens is 1. The van der Waals surface area contributed by atoms with E-state index in [4.69, 9.17) is 0 Å². The van der Waals surface area contributed by atoms with Crippen molar-refractivity contribution in [2.75, 3.05) is 37.3 Å². The zero-order chi connectivity index (χ0) is 23.3. The predicted molar refractivity (Wildman–Crippen MR) is 116 cm³/mol. The first-order chi connectivity index (χ1) is 15.3. The summed E-state index contributed by atoms with van der Waals surface area (Å²) in [5, 5.41) is 16.9. The number of carbonyl (C=O) groups excluding carboxylic acids is 2. The molecular weight excluding hydrogens is 419 g/mol. The van der Waals surface area contributed by atoms with Gasteiger partial charge in [-0.25, -0.2) is 14.0 Å². The zero-order valence-corrected chi connectivity index (χ0v) is 17.8. The minimum atomic E-state index is -1.18. The number of aromatic nitrogens is 1. The summed E-state index contributed by atoms with van der Waals surface area (Å²) in [5.74, 6) is -1.02. The van der Waals surface area contributed by atoms with Gasteiger partial charge in [0.15, 0.2) is 5.82 Å². The average molecular weight is 444 g/mol. The number of pyridine rings is 1. The SMILES string of the molecule is CNC(=O)[C@@H]1CN(Cc2cccc(NC(=O)Nc3ccc(C)nc3)c2F)CCN1C(=O)O. The van der Waals surface area contributed by atoms with Crippen LogP contribution >= 0.6 is 0 Å². The number of rotatable bonds is 5. The molecule has 1 fully saturated rings. The Morgan fingerprint density at radius 1 is 1.19 bits per heavy atom. The molecule has 1 aliphatic rings. The Bertz CT molecular complexity index is 1000. The molecule has 0 aliphatic carbocycles. The predicted octanol–water partition coefficient (Wildman–Crippen LogP) is 2.08. The topological polar surface area (TPSA) is 127 Å². The number of likely N-dealkylation sites (N-methyl/N-ethyl adjacent to an activating group) is 1. The van der Waals surface area contributed by atoms with Gasteiger partial charge in [0, 0.05) is 44.5 Å². The molecule has 1 aromatic carbocycles. The first-order valence-corrected chi connectivity index (χ1v) is 10.00. The highest BCUT2D eigenvalue weighted by atomic mass is 19.1. The minimum Gasteiger partial charge on any atom is -0.465 e. The molecule has 3 rings (SSSR count). The van der Waals surface area contributed by atoms with Crippen LogP contribution < -0.4 is 16.0 Å². The van der Waals surface area contributed by atoms with E-state index in [0.29, 0.717) is 17.8 Å². The van der Waals surface area contributed by atoms with Crippen molar-refractivity contribution >= 4 is 29.4 Å². The lowest BCUT2D eigenvalue weighted by Crippen LogP contribution is -2.59. The van der Waals surface area contributed by atoms with Crippen molar-refractivity contribution in [2.45, 2.75) is 19.5 Å². The number of anilines is 2. The maximum atomic E-state index is 15.0. The smallest absolute Gasteiger partial charge is 0.408 e. The van der Waals surface area contributed by atoms with Gasteiger partial charge >= 0.3 is 12.1 Å². The summed E-state index contributed by atoms with van der Waals surface area (Å²) < 4.78 is 15.0. The largest absolute Gasteiger partial charge is 0.465 e. The van der Waals surface area contributed by atoms with Crippen molar-refractivity contribution in [2.24, 2.45) is 0 Å². The molecular formula is C21H25FN6O4. The highest BCUT2D eigenvalue weighted by Gasteiger charge is 2.35. The van der Waals surface area contributed by atoms with Crippen LogP contribution in [0.2, 0.25) is 0 Å². The molecule has 4 amide bonds. The molecule has 1 saturated heterocycles. The van der Waals surface area contributed by atoms with Crippen molar-refractivity contribution < 1.29 is 23.9 Å². The second kappa shape index (κ2) is 10.1. The molecule has 2 aromatic rings. The maximum Gasteiger partial charge on any atom is 0.408 e. The van der Waals surface area contributed by atoms with E-state index in [9.17, 15) is 19.5 Å². The number of nitrogens with zero attached hydrogens (tertiary/aromatic N) is 3. The van der Waals surface area contributed by atoms with Gasteiger partial charge in [-0.05, 0) is 25.1 Å². The summed E-state index contributed by atoms with van der Waals surface area (Å²) in [7, 11) is 1.44. The third-order valence-electron chi connectivity index (χ3n) is 5.15. The standard InChI is InChI=1S/C21H25FN6O4/c1-13-6-7-15(10-24-13)25-20(30)26-16-5-3-4-14(18(16)22)11-27-8-9-28(21(31)32)17(12-27)19(29)23-2/h3-7,10,17H,8-9,11-12H2,1-2H3,(H,23,29)(H,31,32)(H2,25,26,30)/t17-/m0/s1. The summed E-state index contributed by atoms with van der Waals surface area (Å²) in [6, 6.07) is 6.58. The zero-order valence-electron chi connectivity index (χ0n) is 17.8. The Balaban J connectivity index is 1.67. The van der Waals surface area contributed by atoms with Crippen LogP contribution in [0.25, 0.3) is 0 Å². The van der Waals surface area contributed by atoms with E-state index in [1.807, 2.05) is 6.92 Å². The fraction of sp³-hybridized carbons (Fsp3) is 0.333. The third kappa shape index (κ3) is 5.49. The Morgan fingerprint density at radius 3 is 2.62 bits per heavy atom. The normalized spacial score (nSPS) is 16.3. The van der Waals surface area contributed by atoms with Crippen LogP contribution in [0.3, 0.4) is 0 Å². The number of aryl methyl sites for hydroxylation is 1. The van der Waals surface area contributed by atoms with Crippen molar-refractivity contribution in [3.05, 3.63) is 53.6 Å². The molecule has 0 saturated carbocycles. The van der Waals surface area contributed by atoms with Crippen LogP contribution in [0.1, 0.15) is 11.3 Å². The molecule has 0 unspecified atom stereocenters. The van der Waals surface area contributed by atoms with E-state index in [1.54, 1.807) is 29.2 Å². The summed E-state index contributed by atoms with van der Waals surface area (Å²) in [4.78, 5) is 42.7. The fourth-order valence-electron chi connectivity index (χ4n) is 3.47. The minimum absolute atomic E-state index is 0.00657. The van der Waals surface area contributed by atoms with E-state index in [-0.39, 0.29) is 25.3 Å². The fourth-order valence-corrected chi connectivity index (χ4v) is 3.47. The number of carboxylic acid groups (broad SMARTS) is 1. The summed E-state index contributed by atoms with van der Waals surface area (Å²) in [5.41, 5.74) is 1.60. The van der Waals surface area contributed by atoms with Crippen LogP contribution in [-0.4, -0.2) is 70.6 Å². The van der Waals surface area contributed by atoms with Gasteiger partial charge in [0.25, 0.3) is 0 Å². The quantitative estimate of drug-likeness (QED) is 0.559. The van der Waals surface area contributed by atoms with Crippen LogP contribution in [0.15, 0.2) is 36.5 Å². The maximum absolute atomic E-state index is 15.0. The van der Waals surface area contributed by atoms with Gasteiger partial charge in [0.2, 0.25) is 5.91 Å². The third-order valence-corrected chi connectivity index (χ3v) is 5.15. The molecule has 1 aliphatic heterocycles. The van der Waals surface area contributed by atoms with Crippen LogP contribution in [-0.2, 0) is 11.3 Å². The molecule has 11 heteroatoms. The Labute approximate surface area is 184 Å². The van der Waals surface area contributed by atoms with E-state index >= 15 is 4.39 Å². The number of hydrogen-bond donors (Lipinski definition) is 4. The van der Waals surface area contributed by atoms with Crippen LogP contribution in [0, 0.1) is 12.7 Å². The molecule has 32 heavy (non-hydrogen) atoms. The Hall–Kier alpha value is -3.73. The molecule has 0 spiro atoms. The van der Waals surface area contributed by atoms with Gasteiger partial charge in [-0.1, -0.05) is 12.1 Å². The molecule has 10 nitrogen and oxygen atoms in total. The molecule has 1 atom stereocenters. The molecule has 2 heterocycles. The number of nitrogens with one attached hydrogen (secondary N) is 3. The molecule has 1 aromatic heterocycles. The van der Waals surface area contributed by atoms with Gasteiger partial charge in [0.05, 0.1) is 17.6 Å². The van der Waals surface area contributed by atoms with Crippen molar-refractivity contribution in [1.29, 1.82) is 0 Å². The van der Waals surface area contributed by atoms with Crippen LogP contribution in [0.5, 0.6) is 0 Å². The van der Waals surface area contributed by atoms with Crippen molar-refractivity contribution in [3.8, 4) is 0 Å². The van der Waals surface area contributed by atoms with Gasteiger partial charge < -0.3 is 21.1 Å². The lowest BCUT2D eigenvalue weighted by atomic mass is 10.1. The number of urea groups is 1. The first kappa shape index (κ1) is 22.9. The van der Waals surface area contributed by atoms with Crippen molar-refractivity contribution in [3.63, 3.8) is 0 Å². The average Bonchev–Trinajstić information content (AvgIpc) is 2.77. The summed E-state index contributed by atoms with van der Waals surface area (Å²) >= 11 is 0. The highest BCUT2D eigenvalue weighted by Crippen LogP contribution is 2.22. The number of amides is 4. The van der Waals surface area contributed by atoms with Gasteiger partial charge in [-0.2, -0.15) is 0 Å². The number of benzene rings is 1. The van der Waals surface area contributed by atoms with E-state index in [1.165, 1.54) is 19.3 Å². The monoisotopic (exact) mass is 444 g/mol. The number of piperazine rings is 1. The Morgan fingerprint density at radius 2 is 1.97 bits per heavy atom. The lowest BCUT2D eigenvalue weighted by molar-refractivity contribution is -0.127. The Kier molecular flexibility index (Phi) is 7.21. The van der Waals surface area contributed by atoms with E-state index < -0.39 is 29.9 Å². The molecule has 0 radical (unpaired) electrons. The highest BCUT2D eigenvalue weighted by molar-refractivity contribution is 5.99. The molecule has 0 bridgehead atoms.